The Morgan fingerprint density at radius 1 is 1.17 bits per heavy atom. The summed E-state index contributed by atoms with van der Waals surface area (Å²) in [6.07, 6.45) is -3.95. The number of nitrogens with zero attached hydrogens (tertiary/aromatic N) is 1. The van der Waals surface area contributed by atoms with Crippen LogP contribution in [0.15, 0.2) is 36.5 Å². The third-order valence-electron chi connectivity index (χ3n) is 3.29. The number of rotatable bonds is 7. The summed E-state index contributed by atoms with van der Waals surface area (Å²) in [7, 11) is 0. The van der Waals surface area contributed by atoms with Crippen LogP contribution >= 0.6 is 0 Å². The Labute approximate surface area is 166 Å². The predicted octanol–water partition coefficient (Wildman–Crippen LogP) is 1.40. The molecule has 0 spiro atoms. The maximum absolute atomic E-state index is 12.2. The van der Waals surface area contributed by atoms with Crippen LogP contribution in [0.5, 0.6) is 11.5 Å². The standard InChI is InChI=1S/C17H14F3N3O7/c18-17(19,20)29-11-3-1-9(2-4-11)8-28-12-5-10(16(26)27)7-22-14(12)15(25)23-30-13(24)6-21/h1-5,7H,6,8,21H2,(H,23,25)(H,26,27). The Bertz CT molecular complexity index is 933. The van der Waals surface area contributed by atoms with E-state index in [1.54, 1.807) is 5.48 Å². The number of pyridine rings is 1. The molecule has 2 rings (SSSR count). The average Bonchev–Trinajstić information content (AvgIpc) is 2.69. The van der Waals surface area contributed by atoms with Crippen LogP contribution < -0.4 is 20.7 Å². The van der Waals surface area contributed by atoms with E-state index in [4.69, 9.17) is 15.6 Å². The van der Waals surface area contributed by atoms with Crippen molar-refractivity contribution in [2.24, 2.45) is 5.73 Å². The number of carboxylic acid groups (broad SMARTS) is 1. The number of nitrogens with one attached hydrogen (secondary N) is 1. The van der Waals surface area contributed by atoms with Gasteiger partial charge in [0.1, 0.15) is 12.4 Å². The van der Waals surface area contributed by atoms with E-state index in [0.717, 1.165) is 24.4 Å². The van der Waals surface area contributed by atoms with Crippen molar-refractivity contribution in [2.45, 2.75) is 13.0 Å². The van der Waals surface area contributed by atoms with Gasteiger partial charge < -0.3 is 25.2 Å². The first-order valence-corrected chi connectivity index (χ1v) is 8.00. The van der Waals surface area contributed by atoms with E-state index in [9.17, 15) is 27.6 Å². The second-order valence-corrected chi connectivity index (χ2v) is 5.47. The number of alkyl halides is 3. The monoisotopic (exact) mass is 429 g/mol. The van der Waals surface area contributed by atoms with Crippen molar-refractivity contribution in [1.29, 1.82) is 0 Å². The van der Waals surface area contributed by atoms with Gasteiger partial charge in [0.15, 0.2) is 11.4 Å². The van der Waals surface area contributed by atoms with Gasteiger partial charge >= 0.3 is 24.2 Å². The maximum Gasteiger partial charge on any atom is 0.573 e. The molecule has 13 heteroatoms. The summed E-state index contributed by atoms with van der Waals surface area (Å²) in [5.41, 5.74) is 6.50. The average molecular weight is 429 g/mol. The van der Waals surface area contributed by atoms with Crippen molar-refractivity contribution in [3.8, 4) is 11.5 Å². The van der Waals surface area contributed by atoms with Crippen LogP contribution in [-0.2, 0) is 16.2 Å². The molecule has 0 bridgehead atoms. The lowest BCUT2D eigenvalue weighted by atomic mass is 10.2. The van der Waals surface area contributed by atoms with Gasteiger partial charge in [0.25, 0.3) is 0 Å². The summed E-state index contributed by atoms with van der Waals surface area (Å²) in [5, 5.41) is 9.07. The van der Waals surface area contributed by atoms with E-state index >= 15 is 0 Å². The van der Waals surface area contributed by atoms with Gasteiger partial charge in [-0.3, -0.25) is 4.79 Å². The zero-order valence-electron chi connectivity index (χ0n) is 14.9. The van der Waals surface area contributed by atoms with E-state index in [0.29, 0.717) is 5.56 Å². The fraction of sp³-hybridized carbons (Fsp3) is 0.176. The van der Waals surface area contributed by atoms with Gasteiger partial charge in [-0.1, -0.05) is 12.1 Å². The molecule has 1 amide bonds. The van der Waals surface area contributed by atoms with Crippen LogP contribution in [0.2, 0.25) is 0 Å². The molecule has 0 saturated carbocycles. The number of carbonyl (C=O) groups excluding carboxylic acids is 2. The van der Waals surface area contributed by atoms with Crippen molar-refractivity contribution >= 4 is 17.8 Å². The minimum Gasteiger partial charge on any atom is -0.486 e. The number of nitrogens with two attached hydrogens (primary N) is 1. The van der Waals surface area contributed by atoms with Gasteiger partial charge in [0, 0.05) is 6.20 Å². The Morgan fingerprint density at radius 3 is 2.40 bits per heavy atom. The van der Waals surface area contributed by atoms with Crippen LogP contribution in [-0.4, -0.2) is 40.8 Å². The highest BCUT2D eigenvalue weighted by molar-refractivity contribution is 5.96. The Morgan fingerprint density at radius 2 is 1.83 bits per heavy atom. The number of benzene rings is 1. The Balaban J connectivity index is 2.16. The molecule has 1 heterocycles. The number of ether oxygens (including phenoxy) is 2. The van der Waals surface area contributed by atoms with Crippen molar-refractivity contribution in [3.63, 3.8) is 0 Å². The number of halogens is 3. The van der Waals surface area contributed by atoms with Crippen LogP contribution in [0.4, 0.5) is 13.2 Å². The number of aromatic nitrogens is 1. The molecule has 0 aliphatic heterocycles. The van der Waals surface area contributed by atoms with Crippen LogP contribution in [0.25, 0.3) is 0 Å². The summed E-state index contributed by atoms with van der Waals surface area (Å²) < 4.78 is 45.7. The SMILES string of the molecule is NCC(=O)ONC(=O)c1ncc(C(=O)O)cc1OCc1ccc(OC(F)(F)F)cc1. The molecule has 10 nitrogen and oxygen atoms in total. The van der Waals surface area contributed by atoms with Gasteiger partial charge in [0.2, 0.25) is 0 Å². The summed E-state index contributed by atoms with van der Waals surface area (Å²) in [4.78, 5) is 42.3. The molecule has 160 valence electrons. The number of hydrogen-bond donors (Lipinski definition) is 3. The molecule has 0 atom stereocenters. The van der Waals surface area contributed by atoms with Gasteiger partial charge in [-0.15, -0.1) is 13.2 Å². The lowest BCUT2D eigenvalue weighted by Crippen LogP contribution is -2.31. The molecular formula is C17H14F3N3O7. The van der Waals surface area contributed by atoms with Gasteiger partial charge in [0.05, 0.1) is 12.1 Å². The first-order valence-electron chi connectivity index (χ1n) is 8.00. The van der Waals surface area contributed by atoms with Gasteiger partial charge in [-0.2, -0.15) is 5.48 Å². The van der Waals surface area contributed by atoms with E-state index in [1.165, 1.54) is 12.1 Å². The number of hydroxylamine groups is 1. The molecule has 1 aromatic heterocycles. The molecular weight excluding hydrogens is 415 g/mol. The zero-order chi connectivity index (χ0) is 22.3. The Kier molecular flexibility index (Phi) is 7.14. The molecule has 2 aromatic rings. The zero-order valence-corrected chi connectivity index (χ0v) is 14.9. The van der Waals surface area contributed by atoms with Crippen molar-refractivity contribution in [2.75, 3.05) is 6.54 Å². The Hall–Kier alpha value is -3.87. The number of carbonyl (C=O) groups is 3. The minimum absolute atomic E-state index is 0.250. The third kappa shape index (κ3) is 6.63. The quantitative estimate of drug-likeness (QED) is 0.555. The molecule has 0 aliphatic carbocycles. The molecule has 0 saturated heterocycles. The first-order chi connectivity index (χ1) is 14.1. The second-order valence-electron chi connectivity index (χ2n) is 5.47. The fourth-order valence-electron chi connectivity index (χ4n) is 1.98. The predicted molar refractivity (Wildman–Crippen MR) is 91.3 cm³/mol. The van der Waals surface area contributed by atoms with Crippen molar-refractivity contribution < 1.29 is 47.0 Å². The second kappa shape index (κ2) is 9.56. The van der Waals surface area contributed by atoms with Crippen molar-refractivity contribution in [1.82, 2.24) is 10.5 Å². The van der Waals surface area contributed by atoms with Crippen molar-refractivity contribution in [3.05, 3.63) is 53.3 Å². The molecule has 0 radical (unpaired) electrons. The van der Waals surface area contributed by atoms with E-state index < -0.39 is 42.2 Å². The number of hydrogen-bond acceptors (Lipinski definition) is 8. The number of aromatic carboxylic acids is 1. The van der Waals surface area contributed by atoms with Gasteiger partial charge in [-0.25, -0.2) is 14.6 Å². The molecule has 0 unspecified atom stereocenters. The number of amides is 1. The lowest BCUT2D eigenvalue weighted by molar-refractivity contribution is -0.274. The summed E-state index contributed by atoms with van der Waals surface area (Å²) >= 11 is 0. The summed E-state index contributed by atoms with van der Waals surface area (Å²) in [6.45, 7) is -0.747. The fourth-order valence-corrected chi connectivity index (χ4v) is 1.98. The van der Waals surface area contributed by atoms with E-state index in [-0.39, 0.29) is 17.9 Å². The highest BCUT2D eigenvalue weighted by Crippen LogP contribution is 2.24. The summed E-state index contributed by atoms with van der Waals surface area (Å²) in [6, 6.07) is 5.67. The lowest BCUT2D eigenvalue weighted by Gasteiger charge is -2.12. The maximum atomic E-state index is 12.2. The molecule has 30 heavy (non-hydrogen) atoms. The first kappa shape index (κ1) is 22.4. The molecule has 1 aromatic carbocycles. The minimum atomic E-state index is -4.84. The molecule has 4 N–H and O–H groups in total. The summed E-state index contributed by atoms with van der Waals surface area (Å²) in [5.74, 6) is -4.01. The smallest absolute Gasteiger partial charge is 0.486 e. The van der Waals surface area contributed by atoms with Crippen LogP contribution in [0.1, 0.15) is 26.4 Å². The largest absolute Gasteiger partial charge is 0.573 e. The topological polar surface area (TPSA) is 150 Å². The third-order valence-corrected chi connectivity index (χ3v) is 3.29. The molecule has 0 fully saturated rings. The van der Waals surface area contributed by atoms with Crippen LogP contribution in [0, 0.1) is 0 Å². The van der Waals surface area contributed by atoms with E-state index in [1.807, 2.05) is 0 Å². The number of carboxylic acids is 1. The molecule has 0 aliphatic rings. The van der Waals surface area contributed by atoms with Gasteiger partial charge in [-0.05, 0) is 23.8 Å². The highest BCUT2D eigenvalue weighted by Gasteiger charge is 2.31. The highest BCUT2D eigenvalue weighted by atomic mass is 19.4. The normalized spacial score (nSPS) is 10.8. The van der Waals surface area contributed by atoms with Crippen LogP contribution in [0.3, 0.4) is 0 Å². The van der Waals surface area contributed by atoms with E-state index in [2.05, 4.69) is 14.6 Å².